The first-order valence-electron chi connectivity index (χ1n) is 14.4. The molecule has 4 aromatic rings. The number of aryl methyl sites for hydroxylation is 1. The molecular formula is C32H33F5N6O2. The second-order valence-corrected chi connectivity index (χ2v) is 11.3. The number of piperazine rings is 1. The van der Waals surface area contributed by atoms with Crippen molar-refractivity contribution < 1.29 is 22.0 Å². The molecule has 0 amide bonds. The average molecular weight is 629 g/mol. The summed E-state index contributed by atoms with van der Waals surface area (Å²) in [6.45, 7) is 4.51. The van der Waals surface area contributed by atoms with Gasteiger partial charge in [0.2, 0.25) is 0 Å². The number of halogens is 5. The molecule has 0 unspecified atom stereocenters. The topological polar surface area (TPSA) is 89.4 Å². The van der Waals surface area contributed by atoms with Crippen LogP contribution in [0.4, 0.5) is 27.6 Å². The zero-order valence-corrected chi connectivity index (χ0v) is 24.8. The molecule has 0 saturated carbocycles. The van der Waals surface area contributed by atoms with Crippen LogP contribution in [0.5, 0.6) is 0 Å². The van der Waals surface area contributed by atoms with Crippen molar-refractivity contribution in [2.24, 2.45) is 5.73 Å². The minimum atomic E-state index is -4.88. The summed E-state index contributed by atoms with van der Waals surface area (Å²) < 4.78 is 72.6. The van der Waals surface area contributed by atoms with Crippen LogP contribution in [-0.2, 0) is 25.8 Å². The highest BCUT2D eigenvalue weighted by atomic mass is 19.4. The van der Waals surface area contributed by atoms with Crippen LogP contribution < -0.4 is 21.9 Å². The third-order valence-electron chi connectivity index (χ3n) is 8.09. The molecule has 1 aliphatic rings. The van der Waals surface area contributed by atoms with Crippen molar-refractivity contribution in [3.8, 4) is 0 Å². The van der Waals surface area contributed by atoms with Crippen LogP contribution in [-0.4, -0.2) is 45.2 Å². The van der Waals surface area contributed by atoms with Crippen LogP contribution >= 0.6 is 0 Å². The Morgan fingerprint density at radius 3 is 2.31 bits per heavy atom. The highest BCUT2D eigenvalue weighted by Gasteiger charge is 2.35. The molecule has 2 aromatic carbocycles. The van der Waals surface area contributed by atoms with Gasteiger partial charge in [-0.1, -0.05) is 18.2 Å². The van der Waals surface area contributed by atoms with Crippen LogP contribution in [0, 0.1) is 25.5 Å². The molecule has 0 spiro atoms. The number of alkyl halides is 3. The average Bonchev–Trinajstić information content (AvgIpc) is 2.98. The summed E-state index contributed by atoms with van der Waals surface area (Å²) in [5, 5.41) is 0. The first kappa shape index (κ1) is 32.0. The van der Waals surface area contributed by atoms with E-state index in [0.29, 0.717) is 43.9 Å². The number of benzene rings is 2. The largest absolute Gasteiger partial charge is 0.416 e. The Bertz CT molecular complexity index is 1780. The second kappa shape index (κ2) is 12.9. The number of nitrogens with two attached hydrogens (primary N) is 1. The molecule has 1 fully saturated rings. The van der Waals surface area contributed by atoms with Gasteiger partial charge in [0.05, 0.1) is 18.7 Å². The maximum atomic E-state index is 14.9. The predicted molar refractivity (Wildman–Crippen MR) is 160 cm³/mol. The molecule has 0 bridgehead atoms. The van der Waals surface area contributed by atoms with Gasteiger partial charge >= 0.3 is 11.9 Å². The summed E-state index contributed by atoms with van der Waals surface area (Å²) >= 11 is 0. The Kier molecular flexibility index (Phi) is 9.21. The van der Waals surface area contributed by atoms with Crippen molar-refractivity contribution in [1.29, 1.82) is 0 Å². The van der Waals surface area contributed by atoms with Crippen LogP contribution in [0.1, 0.15) is 39.6 Å². The second-order valence-electron chi connectivity index (χ2n) is 11.3. The summed E-state index contributed by atoms with van der Waals surface area (Å²) in [6, 6.07) is 9.54. The summed E-state index contributed by atoms with van der Waals surface area (Å²) in [5.41, 5.74) is 4.95. The van der Waals surface area contributed by atoms with Crippen molar-refractivity contribution in [3.05, 3.63) is 127 Å². The molecular weight excluding hydrogens is 595 g/mol. The summed E-state index contributed by atoms with van der Waals surface area (Å²) in [6.07, 6.45) is -1.43. The first-order valence-corrected chi connectivity index (χ1v) is 14.4. The molecule has 1 atom stereocenters. The fourth-order valence-corrected chi connectivity index (χ4v) is 5.80. The van der Waals surface area contributed by atoms with E-state index < -0.39 is 52.8 Å². The van der Waals surface area contributed by atoms with Gasteiger partial charge in [-0.3, -0.25) is 23.8 Å². The predicted octanol–water partition coefficient (Wildman–Crippen LogP) is 4.39. The van der Waals surface area contributed by atoms with Gasteiger partial charge in [-0.25, -0.2) is 13.6 Å². The van der Waals surface area contributed by atoms with Crippen LogP contribution in [0.15, 0.2) is 70.5 Å². The Balaban J connectivity index is 1.56. The lowest BCUT2D eigenvalue weighted by molar-refractivity contribution is -0.138. The van der Waals surface area contributed by atoms with E-state index in [1.165, 1.54) is 19.1 Å². The van der Waals surface area contributed by atoms with Crippen molar-refractivity contribution in [1.82, 2.24) is 19.0 Å². The third kappa shape index (κ3) is 6.99. The van der Waals surface area contributed by atoms with Gasteiger partial charge in [-0.15, -0.1) is 0 Å². The molecule has 13 heteroatoms. The first-order chi connectivity index (χ1) is 21.3. The van der Waals surface area contributed by atoms with Gasteiger partial charge < -0.3 is 10.6 Å². The Morgan fingerprint density at radius 2 is 1.67 bits per heavy atom. The van der Waals surface area contributed by atoms with Crippen molar-refractivity contribution >= 4 is 5.69 Å². The summed E-state index contributed by atoms with van der Waals surface area (Å²) in [4.78, 5) is 35.9. The molecule has 238 valence electrons. The van der Waals surface area contributed by atoms with E-state index in [0.717, 1.165) is 32.9 Å². The number of hydrogen-bond donors (Lipinski definition) is 1. The quantitative estimate of drug-likeness (QED) is 0.292. The number of hydrogen-bond acceptors (Lipinski definition) is 6. The SMILES string of the molecule is Cc1cc(F)cc([C@@H](N)Cn2c(=O)c(N3CCN(Cc4cccnc4)CC3)c(C)n(Cc3c(F)cccc3C(F)(F)F)c2=O)c1. The van der Waals surface area contributed by atoms with E-state index in [1.807, 2.05) is 12.1 Å². The van der Waals surface area contributed by atoms with Gasteiger partial charge in [-0.2, -0.15) is 13.2 Å². The molecule has 1 aliphatic heterocycles. The Labute approximate surface area is 256 Å². The van der Waals surface area contributed by atoms with Gasteiger partial charge in [0, 0.05) is 62.4 Å². The number of nitrogens with zero attached hydrogens (tertiary/aromatic N) is 5. The number of rotatable bonds is 8. The monoisotopic (exact) mass is 628 g/mol. The summed E-state index contributed by atoms with van der Waals surface area (Å²) in [7, 11) is 0. The standard InChI is InChI=1S/C32H33F5N6O2/c1-20-13-23(15-24(33)14-20)28(38)19-43-30(44)29(41-11-9-40(10-12-41)17-22-5-4-8-39-16-22)21(2)42(31(43)45)18-25-26(32(35,36)37)6-3-7-27(25)34/h3-8,13-16,28H,9-12,17-19,38H2,1-2H3/t28-/m0/s1. The van der Waals surface area contributed by atoms with Gasteiger partial charge in [0.1, 0.15) is 17.3 Å². The molecule has 45 heavy (non-hydrogen) atoms. The zero-order chi connectivity index (χ0) is 32.5. The highest BCUT2D eigenvalue weighted by molar-refractivity contribution is 5.50. The van der Waals surface area contributed by atoms with E-state index in [9.17, 15) is 31.5 Å². The molecule has 8 nitrogen and oxygen atoms in total. The molecule has 0 radical (unpaired) electrons. The molecule has 5 rings (SSSR count). The molecule has 2 N–H and O–H groups in total. The normalized spacial score (nSPS) is 15.0. The van der Waals surface area contributed by atoms with Crippen molar-refractivity contribution in [3.63, 3.8) is 0 Å². The van der Waals surface area contributed by atoms with E-state index in [1.54, 1.807) is 30.3 Å². The van der Waals surface area contributed by atoms with E-state index >= 15 is 0 Å². The Morgan fingerprint density at radius 1 is 0.933 bits per heavy atom. The zero-order valence-electron chi connectivity index (χ0n) is 24.8. The minimum absolute atomic E-state index is 0.105. The van der Waals surface area contributed by atoms with E-state index in [2.05, 4.69) is 9.88 Å². The van der Waals surface area contributed by atoms with Crippen molar-refractivity contribution in [2.75, 3.05) is 31.1 Å². The van der Waals surface area contributed by atoms with E-state index in [4.69, 9.17) is 5.73 Å². The maximum absolute atomic E-state index is 14.9. The highest BCUT2D eigenvalue weighted by Crippen LogP contribution is 2.33. The molecule has 0 aliphatic carbocycles. The van der Waals surface area contributed by atoms with Crippen LogP contribution in [0.2, 0.25) is 0 Å². The molecule has 2 aromatic heterocycles. The lowest BCUT2D eigenvalue weighted by atomic mass is 10.0. The summed E-state index contributed by atoms with van der Waals surface area (Å²) in [5.74, 6) is -1.68. The third-order valence-corrected chi connectivity index (χ3v) is 8.09. The van der Waals surface area contributed by atoms with Gasteiger partial charge in [0.15, 0.2) is 0 Å². The molecule has 1 saturated heterocycles. The van der Waals surface area contributed by atoms with Crippen LogP contribution in [0.3, 0.4) is 0 Å². The van der Waals surface area contributed by atoms with Crippen LogP contribution in [0.25, 0.3) is 0 Å². The smallest absolute Gasteiger partial charge is 0.363 e. The number of pyridine rings is 1. The fraction of sp³-hybridized carbons (Fsp3) is 0.344. The number of aromatic nitrogens is 3. The minimum Gasteiger partial charge on any atom is -0.363 e. The molecule has 3 heterocycles. The lowest BCUT2D eigenvalue weighted by Gasteiger charge is -2.37. The van der Waals surface area contributed by atoms with Gasteiger partial charge in [0.25, 0.3) is 5.56 Å². The fourth-order valence-electron chi connectivity index (χ4n) is 5.80. The number of anilines is 1. The Hall–Kier alpha value is -4.36. The lowest BCUT2D eigenvalue weighted by Crippen LogP contribution is -2.51. The maximum Gasteiger partial charge on any atom is 0.416 e. The van der Waals surface area contributed by atoms with Crippen molar-refractivity contribution in [2.45, 2.75) is 45.7 Å². The van der Waals surface area contributed by atoms with Gasteiger partial charge in [-0.05, 0) is 60.9 Å². The van der Waals surface area contributed by atoms with E-state index in [-0.39, 0.29) is 17.9 Å².